The third-order valence-corrected chi connectivity index (χ3v) is 3.40. The van der Waals surface area contributed by atoms with Crippen LogP contribution in [-0.4, -0.2) is 29.3 Å². The summed E-state index contributed by atoms with van der Waals surface area (Å²) in [6, 6.07) is 9.04. The van der Waals surface area contributed by atoms with Gasteiger partial charge in [0.2, 0.25) is 5.91 Å². The van der Waals surface area contributed by atoms with E-state index < -0.39 is 5.41 Å². The second kappa shape index (κ2) is 6.35. The number of fused-ring (bicyclic) bond motifs is 1. The predicted molar refractivity (Wildman–Crippen MR) is 90.8 cm³/mol. The van der Waals surface area contributed by atoms with Crippen LogP contribution in [0.15, 0.2) is 30.3 Å². The molecule has 2 N–H and O–H groups in total. The number of amides is 1. The first-order chi connectivity index (χ1) is 11.4. The van der Waals surface area contributed by atoms with Crippen LogP contribution in [0.1, 0.15) is 20.8 Å². The van der Waals surface area contributed by atoms with Crippen molar-refractivity contribution in [2.75, 3.05) is 23.8 Å². The fourth-order valence-corrected chi connectivity index (χ4v) is 2.04. The number of nitrogens with zero attached hydrogens (tertiary/aromatic N) is 2. The smallest absolute Gasteiger partial charge is 0.230 e. The predicted octanol–water partition coefficient (Wildman–Crippen LogP) is 2.98. The number of benzene rings is 1. The summed E-state index contributed by atoms with van der Waals surface area (Å²) in [6.45, 7) is 6.63. The zero-order valence-corrected chi connectivity index (χ0v) is 13.9. The van der Waals surface area contributed by atoms with Gasteiger partial charge in [0.1, 0.15) is 13.2 Å². The molecule has 7 heteroatoms. The summed E-state index contributed by atoms with van der Waals surface area (Å²) in [7, 11) is 0. The van der Waals surface area contributed by atoms with Crippen LogP contribution in [0, 0.1) is 5.41 Å². The molecule has 1 aliphatic heterocycles. The van der Waals surface area contributed by atoms with Crippen molar-refractivity contribution < 1.29 is 14.3 Å². The zero-order chi connectivity index (χ0) is 17.2. The first-order valence-corrected chi connectivity index (χ1v) is 7.74. The molecular weight excluding hydrogens is 308 g/mol. The number of carbonyl (C=O) groups is 1. The van der Waals surface area contributed by atoms with E-state index in [-0.39, 0.29) is 5.91 Å². The highest BCUT2D eigenvalue weighted by Gasteiger charge is 2.21. The number of ether oxygens (including phenoxy) is 2. The van der Waals surface area contributed by atoms with Crippen LogP contribution >= 0.6 is 0 Å². The Labute approximate surface area is 140 Å². The molecule has 0 atom stereocenters. The summed E-state index contributed by atoms with van der Waals surface area (Å²) in [6.07, 6.45) is 0. The highest BCUT2D eigenvalue weighted by molar-refractivity contribution is 5.93. The van der Waals surface area contributed by atoms with E-state index in [1.807, 2.05) is 39.0 Å². The van der Waals surface area contributed by atoms with Gasteiger partial charge in [0.15, 0.2) is 23.1 Å². The molecule has 7 nitrogen and oxygen atoms in total. The SMILES string of the molecule is CC(C)(C)C(=O)Nc1ccc(Nc2ccc3c(c2)OCCO3)nn1. The average Bonchev–Trinajstić information content (AvgIpc) is 2.55. The Bertz CT molecular complexity index is 738. The standard InChI is InChI=1S/C17H20N4O3/c1-17(2,3)16(22)19-15-7-6-14(20-21-15)18-11-4-5-12-13(10-11)24-9-8-23-12/h4-7,10H,8-9H2,1-3H3,(H,18,20)(H,19,21,22). The van der Waals surface area contributed by atoms with Gasteiger partial charge in [0.25, 0.3) is 0 Å². The molecule has 0 saturated carbocycles. The van der Waals surface area contributed by atoms with Crippen molar-refractivity contribution in [1.82, 2.24) is 10.2 Å². The maximum atomic E-state index is 11.9. The molecule has 1 aromatic heterocycles. The molecule has 2 aromatic rings. The van der Waals surface area contributed by atoms with Gasteiger partial charge in [-0.25, -0.2) is 0 Å². The van der Waals surface area contributed by atoms with Gasteiger partial charge in [0.05, 0.1) is 0 Å². The Morgan fingerprint density at radius 2 is 1.67 bits per heavy atom. The van der Waals surface area contributed by atoms with Gasteiger partial charge >= 0.3 is 0 Å². The van der Waals surface area contributed by atoms with Gasteiger partial charge < -0.3 is 20.1 Å². The summed E-state index contributed by atoms with van der Waals surface area (Å²) in [5.74, 6) is 2.32. The molecule has 126 valence electrons. The minimum absolute atomic E-state index is 0.107. The van der Waals surface area contributed by atoms with Crippen LogP contribution in [0.5, 0.6) is 11.5 Å². The molecule has 1 aromatic carbocycles. The van der Waals surface area contributed by atoms with Crippen LogP contribution in [0.25, 0.3) is 0 Å². The van der Waals surface area contributed by atoms with E-state index in [9.17, 15) is 4.79 Å². The first-order valence-electron chi connectivity index (χ1n) is 7.74. The maximum absolute atomic E-state index is 11.9. The molecule has 0 spiro atoms. The van der Waals surface area contributed by atoms with Crippen molar-refractivity contribution >= 4 is 23.2 Å². The van der Waals surface area contributed by atoms with Gasteiger partial charge in [0, 0.05) is 17.2 Å². The third-order valence-electron chi connectivity index (χ3n) is 3.40. The summed E-state index contributed by atoms with van der Waals surface area (Å²) in [4.78, 5) is 11.9. The minimum Gasteiger partial charge on any atom is -0.486 e. The summed E-state index contributed by atoms with van der Waals surface area (Å²) >= 11 is 0. The number of hydrogen-bond acceptors (Lipinski definition) is 6. The summed E-state index contributed by atoms with van der Waals surface area (Å²) in [5, 5.41) is 14.0. The Morgan fingerprint density at radius 1 is 1.00 bits per heavy atom. The number of carbonyl (C=O) groups excluding carboxylic acids is 1. The molecule has 1 aliphatic rings. The molecule has 3 rings (SSSR count). The largest absolute Gasteiger partial charge is 0.486 e. The van der Waals surface area contributed by atoms with E-state index in [1.165, 1.54) is 0 Å². The molecule has 0 bridgehead atoms. The van der Waals surface area contributed by atoms with E-state index >= 15 is 0 Å². The monoisotopic (exact) mass is 328 g/mol. The highest BCUT2D eigenvalue weighted by Crippen LogP contribution is 2.33. The summed E-state index contributed by atoms with van der Waals surface area (Å²) in [5.41, 5.74) is 0.337. The molecule has 24 heavy (non-hydrogen) atoms. The van der Waals surface area contributed by atoms with E-state index in [1.54, 1.807) is 12.1 Å². The number of nitrogens with one attached hydrogen (secondary N) is 2. The Kier molecular flexibility index (Phi) is 4.24. The van der Waals surface area contributed by atoms with E-state index in [2.05, 4.69) is 20.8 Å². The molecule has 2 heterocycles. The van der Waals surface area contributed by atoms with Crippen molar-refractivity contribution in [2.24, 2.45) is 5.41 Å². The van der Waals surface area contributed by atoms with Gasteiger partial charge in [-0.05, 0) is 24.3 Å². The van der Waals surface area contributed by atoms with E-state index in [0.29, 0.717) is 30.6 Å². The fourth-order valence-electron chi connectivity index (χ4n) is 2.04. The Balaban J connectivity index is 1.67. The van der Waals surface area contributed by atoms with Crippen LogP contribution in [0.4, 0.5) is 17.3 Å². The Morgan fingerprint density at radius 3 is 2.33 bits per heavy atom. The van der Waals surface area contributed by atoms with E-state index in [4.69, 9.17) is 9.47 Å². The Hall–Kier alpha value is -2.83. The minimum atomic E-state index is -0.482. The quantitative estimate of drug-likeness (QED) is 0.901. The van der Waals surface area contributed by atoms with Crippen LogP contribution < -0.4 is 20.1 Å². The number of hydrogen-bond donors (Lipinski definition) is 2. The lowest BCUT2D eigenvalue weighted by atomic mass is 9.96. The highest BCUT2D eigenvalue weighted by atomic mass is 16.6. The number of aromatic nitrogens is 2. The van der Waals surface area contributed by atoms with Gasteiger partial charge in [-0.1, -0.05) is 20.8 Å². The van der Waals surface area contributed by atoms with Crippen molar-refractivity contribution in [1.29, 1.82) is 0 Å². The molecule has 0 aliphatic carbocycles. The molecule has 1 amide bonds. The van der Waals surface area contributed by atoms with Gasteiger partial charge in [-0.2, -0.15) is 0 Å². The van der Waals surface area contributed by atoms with E-state index in [0.717, 1.165) is 11.4 Å². The lowest BCUT2D eigenvalue weighted by Gasteiger charge is -2.19. The van der Waals surface area contributed by atoms with Crippen LogP contribution in [0.3, 0.4) is 0 Å². The number of rotatable bonds is 3. The lowest BCUT2D eigenvalue weighted by molar-refractivity contribution is -0.123. The van der Waals surface area contributed by atoms with Crippen molar-refractivity contribution in [2.45, 2.75) is 20.8 Å². The molecule has 0 fully saturated rings. The van der Waals surface area contributed by atoms with Gasteiger partial charge in [-0.3, -0.25) is 4.79 Å². The first kappa shape index (κ1) is 16.0. The second-order valence-electron chi connectivity index (χ2n) is 6.49. The molecule has 0 unspecified atom stereocenters. The van der Waals surface area contributed by atoms with Crippen molar-refractivity contribution in [3.63, 3.8) is 0 Å². The topological polar surface area (TPSA) is 85.4 Å². The lowest BCUT2D eigenvalue weighted by Crippen LogP contribution is -2.28. The fraction of sp³-hybridized carbons (Fsp3) is 0.353. The molecular formula is C17H20N4O3. The molecule has 0 saturated heterocycles. The van der Waals surface area contributed by atoms with Crippen LogP contribution in [0.2, 0.25) is 0 Å². The number of anilines is 3. The third kappa shape index (κ3) is 3.73. The maximum Gasteiger partial charge on any atom is 0.230 e. The van der Waals surface area contributed by atoms with Crippen LogP contribution in [-0.2, 0) is 4.79 Å². The normalized spacial score (nSPS) is 13.3. The van der Waals surface area contributed by atoms with Gasteiger partial charge in [-0.15, -0.1) is 10.2 Å². The zero-order valence-electron chi connectivity index (χ0n) is 13.9. The van der Waals surface area contributed by atoms with Crippen molar-refractivity contribution in [3.8, 4) is 11.5 Å². The van der Waals surface area contributed by atoms with Crippen molar-refractivity contribution in [3.05, 3.63) is 30.3 Å². The summed E-state index contributed by atoms with van der Waals surface area (Å²) < 4.78 is 11.0. The second-order valence-corrected chi connectivity index (χ2v) is 6.49. The average molecular weight is 328 g/mol. The molecule has 0 radical (unpaired) electrons.